The molecule has 0 aromatic rings. The van der Waals surface area contributed by atoms with Crippen molar-refractivity contribution < 1.29 is 14.3 Å². The lowest BCUT2D eigenvalue weighted by molar-refractivity contribution is -0.112. The quantitative estimate of drug-likeness (QED) is 0.569. The van der Waals surface area contributed by atoms with Crippen LogP contribution in [0.2, 0.25) is 0 Å². The summed E-state index contributed by atoms with van der Waals surface area (Å²) in [5.74, 6) is 0. The number of hydrogen-bond acceptors (Lipinski definition) is 3. The van der Waals surface area contributed by atoms with Gasteiger partial charge in [-0.15, -0.1) is 0 Å². The summed E-state index contributed by atoms with van der Waals surface area (Å²) < 4.78 is 4.28. The second-order valence-corrected chi connectivity index (χ2v) is 2.46. The van der Waals surface area contributed by atoms with Gasteiger partial charge in [0.25, 0.3) is 0 Å². The Morgan fingerprint density at radius 2 is 2.10 bits per heavy atom. The zero-order valence-corrected chi connectivity index (χ0v) is 6.30. The highest BCUT2D eigenvalue weighted by Gasteiger charge is 2.18. The fourth-order valence-corrected chi connectivity index (χ4v) is 0.344. The highest BCUT2D eigenvalue weighted by atomic mass is 16.5. The van der Waals surface area contributed by atoms with Gasteiger partial charge in [-0.3, -0.25) is 0 Å². The maximum atomic E-state index is 10.5. The summed E-state index contributed by atoms with van der Waals surface area (Å²) in [7, 11) is 1.25. The fraction of sp³-hybridized carbons (Fsp3) is 0.667. The van der Waals surface area contributed by atoms with Gasteiger partial charge in [-0.2, -0.15) is 0 Å². The average molecular weight is 145 g/mol. The summed E-state index contributed by atoms with van der Waals surface area (Å²) in [5, 5.41) is 2.33. The minimum atomic E-state index is -0.840. The van der Waals surface area contributed by atoms with Crippen molar-refractivity contribution in [3.63, 3.8) is 0 Å². The first-order chi connectivity index (χ1) is 4.52. The second-order valence-electron chi connectivity index (χ2n) is 2.46. The third kappa shape index (κ3) is 3.06. The Morgan fingerprint density at radius 3 is 2.40 bits per heavy atom. The van der Waals surface area contributed by atoms with Gasteiger partial charge in [0.05, 0.1) is 12.6 Å². The summed E-state index contributed by atoms with van der Waals surface area (Å²) in [6.07, 6.45) is 0.0429. The van der Waals surface area contributed by atoms with E-state index in [9.17, 15) is 9.59 Å². The Labute approximate surface area is 59.6 Å². The van der Waals surface area contributed by atoms with Crippen LogP contribution in [0.15, 0.2) is 0 Å². The topological polar surface area (TPSA) is 55.4 Å². The third-order valence-corrected chi connectivity index (χ3v) is 0.904. The number of alkyl carbamates (subject to hydrolysis) is 1. The summed E-state index contributed by atoms with van der Waals surface area (Å²) in [4.78, 5) is 20.7. The largest absolute Gasteiger partial charge is 0.453 e. The lowest BCUT2D eigenvalue weighted by Crippen LogP contribution is -2.44. The Kier molecular flexibility index (Phi) is 2.86. The van der Waals surface area contributed by atoms with Gasteiger partial charge in [-0.05, 0) is 13.8 Å². The van der Waals surface area contributed by atoms with Crippen LogP contribution in [0.5, 0.6) is 0 Å². The van der Waals surface area contributed by atoms with Gasteiger partial charge in [0.15, 0.2) is 0 Å². The number of aldehydes is 1. The van der Waals surface area contributed by atoms with E-state index in [0.29, 0.717) is 6.29 Å². The number of hydrogen-bond donors (Lipinski definition) is 1. The van der Waals surface area contributed by atoms with Crippen LogP contribution >= 0.6 is 0 Å². The molecule has 0 heterocycles. The van der Waals surface area contributed by atoms with Gasteiger partial charge < -0.3 is 14.8 Å². The molecule has 58 valence electrons. The molecule has 0 saturated heterocycles. The molecule has 0 bridgehead atoms. The Bertz CT molecular complexity index is 142. The van der Waals surface area contributed by atoms with Crippen molar-refractivity contribution in [3.8, 4) is 0 Å². The number of ether oxygens (including phenoxy) is 1. The van der Waals surface area contributed by atoms with Gasteiger partial charge in [-0.1, -0.05) is 0 Å². The van der Waals surface area contributed by atoms with Gasteiger partial charge >= 0.3 is 6.09 Å². The smallest absolute Gasteiger partial charge is 0.407 e. The highest BCUT2D eigenvalue weighted by molar-refractivity contribution is 5.75. The van der Waals surface area contributed by atoms with Crippen LogP contribution in [0.3, 0.4) is 0 Å². The standard InChI is InChI=1S/C6H11NO3/c1-6(2,4-8)7-5(9)10-3/h4H,1-3H3,(H,7,9). The lowest BCUT2D eigenvalue weighted by atomic mass is 10.1. The van der Waals surface area contributed by atoms with E-state index in [4.69, 9.17) is 0 Å². The number of carbonyl (C=O) groups excluding carboxylic acids is 2. The van der Waals surface area contributed by atoms with Crippen molar-refractivity contribution in [1.82, 2.24) is 5.32 Å². The zero-order valence-electron chi connectivity index (χ0n) is 6.30. The lowest BCUT2D eigenvalue weighted by Gasteiger charge is -2.16. The SMILES string of the molecule is COC(=O)NC(C)(C)C=O. The molecule has 4 heteroatoms. The number of methoxy groups -OCH3 is 1. The summed E-state index contributed by atoms with van der Waals surface area (Å²) in [5.41, 5.74) is -0.840. The van der Waals surface area contributed by atoms with E-state index in [-0.39, 0.29) is 0 Å². The molecule has 0 atom stereocenters. The first-order valence-electron chi connectivity index (χ1n) is 2.84. The minimum absolute atomic E-state index is 0.600. The molecule has 0 fully saturated rings. The van der Waals surface area contributed by atoms with E-state index < -0.39 is 11.6 Å². The Hall–Kier alpha value is -1.06. The maximum Gasteiger partial charge on any atom is 0.407 e. The molecule has 1 amide bonds. The molecule has 0 aliphatic rings. The van der Waals surface area contributed by atoms with Crippen molar-refractivity contribution in [2.24, 2.45) is 0 Å². The molecule has 0 unspecified atom stereocenters. The average Bonchev–Trinajstić information content (AvgIpc) is 1.87. The number of nitrogens with one attached hydrogen (secondary N) is 1. The number of rotatable bonds is 2. The van der Waals surface area contributed by atoms with E-state index in [1.54, 1.807) is 13.8 Å². The molecule has 0 spiro atoms. The predicted molar refractivity (Wildman–Crippen MR) is 35.7 cm³/mol. The van der Waals surface area contributed by atoms with Crippen LogP contribution in [-0.2, 0) is 9.53 Å². The normalized spacial score (nSPS) is 10.3. The van der Waals surface area contributed by atoms with Crippen LogP contribution in [0.25, 0.3) is 0 Å². The molecule has 1 N–H and O–H groups in total. The predicted octanol–water partition coefficient (Wildman–Crippen LogP) is 0.320. The maximum absolute atomic E-state index is 10.5. The minimum Gasteiger partial charge on any atom is -0.453 e. The van der Waals surface area contributed by atoms with Gasteiger partial charge in [-0.25, -0.2) is 4.79 Å². The van der Waals surface area contributed by atoms with Crippen molar-refractivity contribution in [3.05, 3.63) is 0 Å². The van der Waals surface area contributed by atoms with E-state index >= 15 is 0 Å². The summed E-state index contributed by atoms with van der Waals surface area (Å²) >= 11 is 0. The third-order valence-electron chi connectivity index (χ3n) is 0.904. The molecular formula is C6H11NO3. The molecular weight excluding hydrogens is 134 g/mol. The van der Waals surface area contributed by atoms with Crippen LogP contribution in [0.4, 0.5) is 4.79 Å². The Morgan fingerprint density at radius 1 is 1.60 bits per heavy atom. The molecule has 0 saturated carbocycles. The van der Waals surface area contributed by atoms with Crippen molar-refractivity contribution in [2.75, 3.05) is 7.11 Å². The molecule has 0 aliphatic heterocycles. The molecule has 0 rings (SSSR count). The molecule has 4 nitrogen and oxygen atoms in total. The van der Waals surface area contributed by atoms with Gasteiger partial charge in [0, 0.05) is 0 Å². The molecule has 0 radical (unpaired) electrons. The van der Waals surface area contributed by atoms with Crippen LogP contribution in [0.1, 0.15) is 13.8 Å². The monoisotopic (exact) mass is 145 g/mol. The second kappa shape index (κ2) is 3.20. The molecule has 0 aliphatic carbocycles. The molecule has 0 aromatic carbocycles. The number of amides is 1. The zero-order chi connectivity index (χ0) is 8.20. The van der Waals surface area contributed by atoms with Crippen molar-refractivity contribution in [2.45, 2.75) is 19.4 Å². The van der Waals surface area contributed by atoms with E-state index in [1.807, 2.05) is 0 Å². The van der Waals surface area contributed by atoms with Crippen LogP contribution in [-0.4, -0.2) is 25.0 Å². The van der Waals surface area contributed by atoms with E-state index in [1.165, 1.54) is 7.11 Å². The first kappa shape index (κ1) is 8.94. The van der Waals surface area contributed by atoms with Crippen LogP contribution < -0.4 is 5.32 Å². The fourth-order valence-electron chi connectivity index (χ4n) is 0.344. The molecule has 10 heavy (non-hydrogen) atoms. The van der Waals surface area contributed by atoms with Gasteiger partial charge in [0.1, 0.15) is 6.29 Å². The Balaban J connectivity index is 3.88. The van der Waals surface area contributed by atoms with Crippen molar-refractivity contribution in [1.29, 1.82) is 0 Å². The van der Waals surface area contributed by atoms with E-state index in [2.05, 4.69) is 10.1 Å². The first-order valence-corrected chi connectivity index (χ1v) is 2.84. The van der Waals surface area contributed by atoms with Crippen LogP contribution in [0, 0.1) is 0 Å². The highest BCUT2D eigenvalue weighted by Crippen LogP contribution is 1.95. The number of carbonyl (C=O) groups is 2. The molecule has 0 aromatic heterocycles. The van der Waals surface area contributed by atoms with Crippen molar-refractivity contribution >= 4 is 12.4 Å². The van der Waals surface area contributed by atoms with Gasteiger partial charge in [0.2, 0.25) is 0 Å². The summed E-state index contributed by atoms with van der Waals surface area (Å²) in [6, 6.07) is 0. The summed E-state index contributed by atoms with van der Waals surface area (Å²) in [6.45, 7) is 3.16. The van der Waals surface area contributed by atoms with E-state index in [0.717, 1.165) is 0 Å².